The molecule has 0 aliphatic heterocycles. The molecular formula is C16H14BrNO3. The standard InChI is InChI=1S/C16H14BrNO3/c1-10-7-8-11(9-13(10)17)15(19)18(2)14-6-4-3-5-12(14)16(20)21/h3-9H,1-2H3,(H,20,21). The van der Waals surface area contributed by atoms with E-state index in [4.69, 9.17) is 0 Å². The fourth-order valence-corrected chi connectivity index (χ4v) is 2.35. The molecule has 0 heterocycles. The minimum absolute atomic E-state index is 0.0968. The normalized spacial score (nSPS) is 10.2. The molecule has 0 aromatic heterocycles. The van der Waals surface area contributed by atoms with Crippen molar-refractivity contribution in [3.63, 3.8) is 0 Å². The van der Waals surface area contributed by atoms with Gasteiger partial charge in [0.05, 0.1) is 11.3 Å². The summed E-state index contributed by atoms with van der Waals surface area (Å²) in [5.74, 6) is -1.32. The maximum absolute atomic E-state index is 12.5. The summed E-state index contributed by atoms with van der Waals surface area (Å²) in [5.41, 5.74) is 1.99. The molecule has 0 aliphatic carbocycles. The molecule has 0 saturated heterocycles. The van der Waals surface area contributed by atoms with Gasteiger partial charge in [-0.3, -0.25) is 4.79 Å². The number of carboxylic acids is 1. The number of carboxylic acid groups (broad SMARTS) is 1. The monoisotopic (exact) mass is 347 g/mol. The Hall–Kier alpha value is -2.14. The Morgan fingerprint density at radius 2 is 1.81 bits per heavy atom. The molecular weight excluding hydrogens is 334 g/mol. The first-order valence-corrected chi connectivity index (χ1v) is 7.07. The lowest BCUT2D eigenvalue weighted by Gasteiger charge is -2.19. The molecule has 0 saturated carbocycles. The van der Waals surface area contributed by atoms with Crippen LogP contribution in [-0.2, 0) is 0 Å². The van der Waals surface area contributed by atoms with Crippen LogP contribution in [-0.4, -0.2) is 24.0 Å². The van der Waals surface area contributed by atoms with Gasteiger partial charge in [-0.25, -0.2) is 4.79 Å². The summed E-state index contributed by atoms with van der Waals surface area (Å²) < 4.78 is 0.841. The van der Waals surface area contributed by atoms with E-state index >= 15 is 0 Å². The van der Waals surface area contributed by atoms with E-state index in [1.54, 1.807) is 37.4 Å². The molecule has 21 heavy (non-hydrogen) atoms. The first-order chi connectivity index (χ1) is 9.91. The molecule has 0 atom stereocenters. The highest BCUT2D eigenvalue weighted by Gasteiger charge is 2.19. The molecule has 2 rings (SSSR count). The van der Waals surface area contributed by atoms with E-state index in [0.717, 1.165) is 10.0 Å². The number of benzene rings is 2. The van der Waals surface area contributed by atoms with E-state index in [2.05, 4.69) is 15.9 Å². The van der Waals surface area contributed by atoms with Gasteiger partial charge in [0, 0.05) is 17.1 Å². The van der Waals surface area contributed by atoms with Crippen LogP contribution in [0.5, 0.6) is 0 Å². The Morgan fingerprint density at radius 1 is 1.14 bits per heavy atom. The Bertz CT molecular complexity index is 712. The zero-order valence-electron chi connectivity index (χ0n) is 11.6. The van der Waals surface area contributed by atoms with Crippen LogP contribution >= 0.6 is 15.9 Å². The van der Waals surface area contributed by atoms with Crippen molar-refractivity contribution in [2.75, 3.05) is 11.9 Å². The lowest BCUT2D eigenvalue weighted by atomic mass is 10.1. The third kappa shape index (κ3) is 3.13. The van der Waals surface area contributed by atoms with Crippen molar-refractivity contribution in [3.05, 3.63) is 63.6 Å². The van der Waals surface area contributed by atoms with Gasteiger partial charge in [0.2, 0.25) is 0 Å². The van der Waals surface area contributed by atoms with Gasteiger partial charge in [-0.15, -0.1) is 0 Å². The molecule has 1 amide bonds. The summed E-state index contributed by atoms with van der Waals surface area (Å²) in [6, 6.07) is 11.7. The predicted molar refractivity (Wildman–Crippen MR) is 85.0 cm³/mol. The smallest absolute Gasteiger partial charge is 0.337 e. The van der Waals surface area contributed by atoms with Gasteiger partial charge in [0.25, 0.3) is 5.91 Å². The van der Waals surface area contributed by atoms with Crippen molar-refractivity contribution in [2.24, 2.45) is 0 Å². The number of nitrogens with zero attached hydrogens (tertiary/aromatic N) is 1. The van der Waals surface area contributed by atoms with Gasteiger partial charge in [-0.1, -0.05) is 34.1 Å². The number of carbonyl (C=O) groups excluding carboxylic acids is 1. The van der Waals surface area contributed by atoms with Crippen LogP contribution in [0.4, 0.5) is 5.69 Å². The van der Waals surface area contributed by atoms with Crippen LogP contribution in [0.25, 0.3) is 0 Å². The van der Waals surface area contributed by atoms with E-state index in [1.165, 1.54) is 11.0 Å². The number of rotatable bonds is 3. The molecule has 0 spiro atoms. The number of hydrogen-bond acceptors (Lipinski definition) is 2. The maximum Gasteiger partial charge on any atom is 0.337 e. The molecule has 0 radical (unpaired) electrons. The Morgan fingerprint density at radius 3 is 2.43 bits per heavy atom. The first-order valence-electron chi connectivity index (χ1n) is 6.28. The third-order valence-electron chi connectivity index (χ3n) is 3.22. The van der Waals surface area contributed by atoms with Crippen LogP contribution in [0.15, 0.2) is 46.9 Å². The van der Waals surface area contributed by atoms with Crippen molar-refractivity contribution in [3.8, 4) is 0 Å². The fraction of sp³-hybridized carbons (Fsp3) is 0.125. The van der Waals surface area contributed by atoms with Gasteiger partial charge in [-0.05, 0) is 36.8 Å². The summed E-state index contributed by atoms with van der Waals surface area (Å²) in [4.78, 5) is 25.1. The molecule has 1 N–H and O–H groups in total. The number of halogens is 1. The van der Waals surface area contributed by atoms with E-state index in [1.807, 2.05) is 13.0 Å². The summed E-state index contributed by atoms with van der Waals surface area (Å²) >= 11 is 3.39. The predicted octanol–water partition coefficient (Wildman–Crippen LogP) is 3.73. The summed E-state index contributed by atoms with van der Waals surface area (Å²) in [6.07, 6.45) is 0. The Labute approximate surface area is 131 Å². The number of para-hydroxylation sites is 1. The second-order valence-electron chi connectivity index (χ2n) is 4.65. The Balaban J connectivity index is 2.40. The van der Waals surface area contributed by atoms with Crippen LogP contribution in [0, 0.1) is 6.92 Å². The van der Waals surface area contributed by atoms with Crippen molar-refractivity contribution in [2.45, 2.75) is 6.92 Å². The lowest BCUT2D eigenvalue weighted by molar-refractivity contribution is 0.0697. The topological polar surface area (TPSA) is 57.6 Å². The number of aryl methyl sites for hydroxylation is 1. The van der Waals surface area contributed by atoms with Crippen LogP contribution in [0.1, 0.15) is 26.3 Å². The summed E-state index contributed by atoms with van der Waals surface area (Å²) in [7, 11) is 1.57. The molecule has 2 aromatic carbocycles. The van der Waals surface area contributed by atoms with E-state index in [9.17, 15) is 14.7 Å². The van der Waals surface area contributed by atoms with Gasteiger partial charge < -0.3 is 10.0 Å². The highest BCUT2D eigenvalue weighted by molar-refractivity contribution is 9.10. The zero-order chi connectivity index (χ0) is 15.6. The Kier molecular flexibility index (Phi) is 4.43. The van der Waals surface area contributed by atoms with E-state index in [-0.39, 0.29) is 11.5 Å². The van der Waals surface area contributed by atoms with Gasteiger partial charge >= 0.3 is 5.97 Å². The second-order valence-corrected chi connectivity index (χ2v) is 5.50. The van der Waals surface area contributed by atoms with Crippen LogP contribution in [0.2, 0.25) is 0 Å². The molecule has 0 bridgehead atoms. The summed E-state index contributed by atoms with van der Waals surface area (Å²) in [5, 5.41) is 9.20. The molecule has 0 unspecified atom stereocenters. The highest BCUT2D eigenvalue weighted by atomic mass is 79.9. The van der Waals surface area contributed by atoms with Crippen molar-refractivity contribution in [1.82, 2.24) is 0 Å². The van der Waals surface area contributed by atoms with Crippen LogP contribution < -0.4 is 4.90 Å². The minimum Gasteiger partial charge on any atom is -0.478 e. The zero-order valence-corrected chi connectivity index (χ0v) is 13.2. The number of hydrogen-bond donors (Lipinski definition) is 1. The molecule has 5 heteroatoms. The minimum atomic E-state index is -1.06. The largest absolute Gasteiger partial charge is 0.478 e. The third-order valence-corrected chi connectivity index (χ3v) is 4.07. The fourth-order valence-electron chi connectivity index (χ4n) is 1.98. The lowest BCUT2D eigenvalue weighted by Crippen LogP contribution is -2.27. The van der Waals surface area contributed by atoms with Crippen LogP contribution in [0.3, 0.4) is 0 Å². The quantitative estimate of drug-likeness (QED) is 0.920. The summed E-state index contributed by atoms with van der Waals surface area (Å²) in [6.45, 7) is 1.93. The molecule has 2 aromatic rings. The maximum atomic E-state index is 12.5. The number of carbonyl (C=O) groups is 2. The van der Waals surface area contributed by atoms with Crippen molar-refractivity contribution >= 4 is 33.5 Å². The van der Waals surface area contributed by atoms with E-state index in [0.29, 0.717) is 11.3 Å². The SMILES string of the molecule is Cc1ccc(C(=O)N(C)c2ccccc2C(=O)O)cc1Br. The number of amides is 1. The highest BCUT2D eigenvalue weighted by Crippen LogP contribution is 2.23. The van der Waals surface area contributed by atoms with Gasteiger partial charge in [0.15, 0.2) is 0 Å². The van der Waals surface area contributed by atoms with E-state index < -0.39 is 5.97 Å². The molecule has 0 fully saturated rings. The van der Waals surface area contributed by atoms with Gasteiger partial charge in [-0.2, -0.15) is 0 Å². The second kappa shape index (κ2) is 6.10. The molecule has 108 valence electrons. The average Bonchev–Trinajstić information content (AvgIpc) is 2.48. The average molecular weight is 348 g/mol. The molecule has 0 aliphatic rings. The van der Waals surface area contributed by atoms with Gasteiger partial charge in [0.1, 0.15) is 0 Å². The molecule has 4 nitrogen and oxygen atoms in total. The first kappa shape index (κ1) is 15.3. The van der Waals surface area contributed by atoms with Crippen molar-refractivity contribution < 1.29 is 14.7 Å². The number of aromatic carboxylic acids is 1. The van der Waals surface area contributed by atoms with Crippen molar-refractivity contribution in [1.29, 1.82) is 0 Å². The number of anilines is 1.